The monoisotopic (exact) mass is 343 g/mol. The number of aryl methyl sites for hydroxylation is 2. The minimum atomic E-state index is -0.738. The summed E-state index contributed by atoms with van der Waals surface area (Å²) in [5.74, 6) is 1.18. The van der Waals surface area contributed by atoms with Gasteiger partial charge in [-0.05, 0) is 26.0 Å². The van der Waals surface area contributed by atoms with Crippen LogP contribution in [0.1, 0.15) is 23.1 Å². The Labute approximate surface area is 145 Å². The standard InChI is InChI=1S/C17H18ClN5O/c1-11-7-12(2)23(22-11)17-10-19-9-16(21-17)20-8-15(24)13-5-3-4-6-14(13)18/h3-7,9-10,15,24H,8H2,1-2H3,(H,20,21). The number of hydrogen-bond donors (Lipinski definition) is 2. The van der Waals surface area contributed by atoms with E-state index >= 15 is 0 Å². The fraction of sp³-hybridized carbons (Fsp3) is 0.235. The van der Waals surface area contributed by atoms with E-state index in [1.807, 2.05) is 32.0 Å². The van der Waals surface area contributed by atoms with Crippen LogP contribution in [0.3, 0.4) is 0 Å². The summed E-state index contributed by atoms with van der Waals surface area (Å²) in [6, 6.07) is 9.20. The topological polar surface area (TPSA) is 75.9 Å². The largest absolute Gasteiger partial charge is 0.387 e. The first-order chi connectivity index (χ1) is 11.5. The molecule has 0 amide bonds. The number of aromatic nitrogens is 4. The number of rotatable bonds is 5. The summed E-state index contributed by atoms with van der Waals surface area (Å²) in [4.78, 5) is 8.67. The average Bonchev–Trinajstić information content (AvgIpc) is 2.92. The fourth-order valence-corrected chi connectivity index (χ4v) is 2.72. The SMILES string of the molecule is Cc1cc(C)n(-c2cncc(NCC(O)c3ccccc3Cl)n2)n1. The van der Waals surface area contributed by atoms with Crippen LogP contribution in [0.15, 0.2) is 42.7 Å². The second-order valence-corrected chi connectivity index (χ2v) is 5.93. The average molecular weight is 344 g/mol. The molecule has 3 rings (SSSR count). The maximum absolute atomic E-state index is 10.3. The van der Waals surface area contributed by atoms with Gasteiger partial charge >= 0.3 is 0 Å². The van der Waals surface area contributed by atoms with Gasteiger partial charge in [0, 0.05) is 22.8 Å². The third-order valence-electron chi connectivity index (χ3n) is 3.59. The molecule has 2 heterocycles. The number of hydrogen-bond acceptors (Lipinski definition) is 5. The summed E-state index contributed by atoms with van der Waals surface area (Å²) >= 11 is 6.10. The molecule has 2 N–H and O–H groups in total. The molecule has 0 saturated carbocycles. The Morgan fingerprint density at radius 3 is 2.75 bits per heavy atom. The lowest BCUT2D eigenvalue weighted by molar-refractivity contribution is 0.191. The second-order valence-electron chi connectivity index (χ2n) is 5.52. The van der Waals surface area contributed by atoms with Gasteiger partial charge < -0.3 is 10.4 Å². The molecule has 6 nitrogen and oxygen atoms in total. The third kappa shape index (κ3) is 3.55. The lowest BCUT2D eigenvalue weighted by atomic mass is 10.1. The Morgan fingerprint density at radius 2 is 2.04 bits per heavy atom. The summed E-state index contributed by atoms with van der Waals surface area (Å²) in [5.41, 5.74) is 2.58. The minimum absolute atomic E-state index is 0.277. The van der Waals surface area contributed by atoms with Crippen LogP contribution < -0.4 is 5.32 Å². The van der Waals surface area contributed by atoms with E-state index in [2.05, 4.69) is 20.4 Å². The van der Waals surface area contributed by atoms with Gasteiger partial charge in [-0.25, -0.2) is 9.67 Å². The molecular formula is C17H18ClN5O. The molecule has 0 spiro atoms. The molecule has 24 heavy (non-hydrogen) atoms. The molecule has 124 valence electrons. The van der Waals surface area contributed by atoms with E-state index in [4.69, 9.17) is 11.6 Å². The van der Waals surface area contributed by atoms with Gasteiger partial charge in [0.2, 0.25) is 0 Å². The molecule has 0 saturated heterocycles. The van der Waals surface area contributed by atoms with Crippen LogP contribution in [0.4, 0.5) is 5.82 Å². The lowest BCUT2D eigenvalue weighted by Crippen LogP contribution is -2.14. The highest BCUT2D eigenvalue weighted by atomic mass is 35.5. The van der Waals surface area contributed by atoms with Crippen LogP contribution in [0.2, 0.25) is 5.02 Å². The van der Waals surface area contributed by atoms with Gasteiger partial charge in [0.25, 0.3) is 0 Å². The third-order valence-corrected chi connectivity index (χ3v) is 3.93. The molecule has 0 aliphatic rings. The molecular weight excluding hydrogens is 326 g/mol. The molecule has 0 fully saturated rings. The van der Waals surface area contributed by atoms with E-state index < -0.39 is 6.10 Å². The van der Waals surface area contributed by atoms with Crippen molar-refractivity contribution in [2.45, 2.75) is 20.0 Å². The predicted molar refractivity (Wildman–Crippen MR) is 93.5 cm³/mol. The number of anilines is 1. The van der Waals surface area contributed by atoms with Crippen molar-refractivity contribution >= 4 is 17.4 Å². The lowest BCUT2D eigenvalue weighted by Gasteiger charge is -2.14. The Morgan fingerprint density at radius 1 is 1.25 bits per heavy atom. The predicted octanol–water partition coefficient (Wildman–Crippen LogP) is 3.08. The van der Waals surface area contributed by atoms with Crippen molar-refractivity contribution in [3.63, 3.8) is 0 Å². The van der Waals surface area contributed by atoms with Crippen molar-refractivity contribution in [2.24, 2.45) is 0 Å². The first kappa shape index (κ1) is 16.4. The molecule has 0 radical (unpaired) electrons. The van der Waals surface area contributed by atoms with Crippen LogP contribution in [0.25, 0.3) is 5.82 Å². The molecule has 1 atom stereocenters. The fourth-order valence-electron chi connectivity index (χ4n) is 2.46. The molecule has 0 bridgehead atoms. The molecule has 7 heteroatoms. The summed E-state index contributed by atoms with van der Waals surface area (Å²) in [6.45, 7) is 4.17. The zero-order chi connectivity index (χ0) is 17.1. The van der Waals surface area contributed by atoms with Gasteiger partial charge in [0.15, 0.2) is 5.82 Å². The van der Waals surface area contributed by atoms with Crippen molar-refractivity contribution in [1.82, 2.24) is 19.7 Å². The van der Waals surface area contributed by atoms with Crippen molar-refractivity contribution < 1.29 is 5.11 Å². The van der Waals surface area contributed by atoms with Crippen molar-refractivity contribution in [3.8, 4) is 5.82 Å². The Bertz CT molecular complexity index is 849. The van der Waals surface area contributed by atoms with Crippen molar-refractivity contribution in [2.75, 3.05) is 11.9 Å². The zero-order valence-corrected chi connectivity index (χ0v) is 14.2. The smallest absolute Gasteiger partial charge is 0.174 e. The summed E-state index contributed by atoms with van der Waals surface area (Å²) in [6.07, 6.45) is 2.52. The molecule has 1 aromatic carbocycles. The van der Waals surface area contributed by atoms with E-state index in [0.29, 0.717) is 22.2 Å². The number of nitrogens with one attached hydrogen (secondary N) is 1. The van der Waals surface area contributed by atoms with E-state index in [-0.39, 0.29) is 6.54 Å². The Hall–Kier alpha value is -2.44. The molecule has 2 aromatic heterocycles. The van der Waals surface area contributed by atoms with Crippen LogP contribution in [-0.4, -0.2) is 31.4 Å². The molecule has 3 aromatic rings. The van der Waals surface area contributed by atoms with Gasteiger partial charge in [-0.1, -0.05) is 29.8 Å². The first-order valence-electron chi connectivity index (χ1n) is 7.56. The maximum atomic E-state index is 10.3. The van der Waals surface area contributed by atoms with Crippen molar-refractivity contribution in [1.29, 1.82) is 0 Å². The highest BCUT2D eigenvalue weighted by Gasteiger charge is 2.12. The van der Waals surface area contributed by atoms with Crippen LogP contribution in [0, 0.1) is 13.8 Å². The van der Waals surface area contributed by atoms with E-state index in [1.165, 1.54) is 0 Å². The highest BCUT2D eigenvalue weighted by Crippen LogP contribution is 2.22. The van der Waals surface area contributed by atoms with Gasteiger partial charge in [0.1, 0.15) is 5.82 Å². The van der Waals surface area contributed by atoms with E-state index in [1.54, 1.807) is 29.2 Å². The number of benzene rings is 1. The number of halogens is 1. The van der Waals surface area contributed by atoms with Crippen LogP contribution in [-0.2, 0) is 0 Å². The molecule has 0 aliphatic carbocycles. The first-order valence-corrected chi connectivity index (χ1v) is 7.94. The van der Waals surface area contributed by atoms with Crippen LogP contribution >= 0.6 is 11.6 Å². The normalized spacial score (nSPS) is 12.2. The highest BCUT2D eigenvalue weighted by molar-refractivity contribution is 6.31. The van der Waals surface area contributed by atoms with E-state index in [0.717, 1.165) is 11.4 Å². The van der Waals surface area contributed by atoms with Gasteiger partial charge in [-0.3, -0.25) is 4.98 Å². The number of aliphatic hydroxyl groups excluding tert-OH is 1. The minimum Gasteiger partial charge on any atom is -0.387 e. The van der Waals surface area contributed by atoms with Crippen molar-refractivity contribution in [3.05, 3.63) is 64.7 Å². The second kappa shape index (κ2) is 6.98. The quantitative estimate of drug-likeness (QED) is 0.744. The Balaban J connectivity index is 1.73. The van der Waals surface area contributed by atoms with Gasteiger partial charge in [0.05, 0.1) is 24.2 Å². The number of aliphatic hydroxyl groups is 1. The van der Waals surface area contributed by atoms with Gasteiger partial charge in [-0.2, -0.15) is 5.10 Å². The van der Waals surface area contributed by atoms with E-state index in [9.17, 15) is 5.11 Å². The maximum Gasteiger partial charge on any atom is 0.174 e. The van der Waals surface area contributed by atoms with Gasteiger partial charge in [-0.15, -0.1) is 0 Å². The summed E-state index contributed by atoms with van der Waals surface area (Å²) < 4.78 is 1.73. The Kier molecular flexibility index (Phi) is 4.78. The molecule has 1 unspecified atom stereocenters. The summed E-state index contributed by atoms with van der Waals surface area (Å²) in [7, 11) is 0. The van der Waals surface area contributed by atoms with Crippen LogP contribution in [0.5, 0.6) is 0 Å². The summed E-state index contributed by atoms with van der Waals surface area (Å²) in [5, 5.41) is 18.3. The number of nitrogens with zero attached hydrogens (tertiary/aromatic N) is 4. The zero-order valence-electron chi connectivity index (χ0n) is 13.4. The molecule has 0 aliphatic heterocycles.